The first-order valence-corrected chi connectivity index (χ1v) is 9.44. The zero-order valence-corrected chi connectivity index (χ0v) is 15.7. The highest BCUT2D eigenvalue weighted by Gasteiger charge is 2.17. The molecule has 0 bridgehead atoms. The van der Waals surface area contributed by atoms with E-state index in [9.17, 15) is 14.4 Å². The highest BCUT2D eigenvalue weighted by molar-refractivity contribution is 8.00. The highest BCUT2D eigenvalue weighted by atomic mass is 32.2. The lowest BCUT2D eigenvalue weighted by molar-refractivity contribution is -0.143. The van der Waals surface area contributed by atoms with Crippen LogP contribution in [0, 0.1) is 6.92 Å². The molecule has 0 aliphatic heterocycles. The lowest BCUT2D eigenvalue weighted by atomic mass is 10.1. The molecular weight excluding hydrogens is 370 g/mol. The molecule has 0 saturated carbocycles. The molecule has 144 valence electrons. The predicted molar refractivity (Wildman–Crippen MR) is 102 cm³/mol. The topological polar surface area (TPSA) is 113 Å². The van der Waals surface area contributed by atoms with Crippen molar-refractivity contribution in [3.05, 3.63) is 47.7 Å². The smallest absolute Gasteiger partial charge is 0.323 e. The maximum absolute atomic E-state index is 12.3. The largest absolute Gasteiger partial charge is 0.480 e. The van der Waals surface area contributed by atoms with Gasteiger partial charge < -0.3 is 19.8 Å². The van der Waals surface area contributed by atoms with Crippen molar-refractivity contribution in [3.63, 3.8) is 0 Å². The fourth-order valence-electron chi connectivity index (χ4n) is 2.29. The number of aliphatic carboxylic acids is 1. The molecule has 2 amide bonds. The number of aromatic nitrogens is 1. The molecule has 9 heteroatoms. The van der Waals surface area contributed by atoms with Gasteiger partial charge in [0.2, 0.25) is 11.8 Å². The lowest BCUT2D eigenvalue weighted by Crippen LogP contribution is -2.38. The van der Waals surface area contributed by atoms with Crippen molar-refractivity contribution in [1.82, 2.24) is 10.1 Å². The van der Waals surface area contributed by atoms with E-state index in [1.807, 2.05) is 30.3 Å². The molecule has 0 radical (unpaired) electrons. The molecule has 0 fully saturated rings. The van der Waals surface area contributed by atoms with Crippen LogP contribution in [0.25, 0.3) is 0 Å². The summed E-state index contributed by atoms with van der Waals surface area (Å²) in [5, 5.41) is 15.2. The molecule has 27 heavy (non-hydrogen) atoms. The van der Waals surface area contributed by atoms with Gasteiger partial charge in [0.25, 0.3) is 0 Å². The van der Waals surface area contributed by atoms with Gasteiger partial charge in [-0.2, -0.15) is 0 Å². The third-order valence-corrected chi connectivity index (χ3v) is 4.46. The van der Waals surface area contributed by atoms with Crippen LogP contribution in [0.2, 0.25) is 0 Å². The molecule has 0 saturated heterocycles. The molecule has 1 aromatic heterocycles. The summed E-state index contributed by atoms with van der Waals surface area (Å²) in [5.74, 6) is -0.723. The van der Waals surface area contributed by atoms with Gasteiger partial charge in [-0.15, -0.1) is 11.8 Å². The monoisotopic (exact) mass is 391 g/mol. The number of amides is 2. The van der Waals surface area contributed by atoms with E-state index in [2.05, 4.69) is 10.5 Å². The van der Waals surface area contributed by atoms with Gasteiger partial charge in [-0.25, -0.2) is 0 Å². The summed E-state index contributed by atoms with van der Waals surface area (Å²) in [6, 6.07) is 11.1. The number of nitrogens with one attached hydrogen (secondary N) is 1. The second-order valence-corrected chi connectivity index (χ2v) is 6.79. The summed E-state index contributed by atoms with van der Waals surface area (Å²) in [7, 11) is 0. The van der Waals surface area contributed by atoms with Gasteiger partial charge in [0, 0.05) is 12.6 Å². The van der Waals surface area contributed by atoms with Crippen molar-refractivity contribution >= 4 is 35.4 Å². The maximum Gasteiger partial charge on any atom is 0.323 e. The molecule has 1 heterocycles. The van der Waals surface area contributed by atoms with E-state index in [1.165, 1.54) is 4.90 Å². The van der Waals surface area contributed by atoms with Crippen LogP contribution in [-0.2, 0) is 20.8 Å². The lowest BCUT2D eigenvalue weighted by Gasteiger charge is -2.20. The van der Waals surface area contributed by atoms with E-state index < -0.39 is 5.97 Å². The number of carboxylic acid groups (broad SMARTS) is 1. The zero-order valence-electron chi connectivity index (χ0n) is 14.9. The summed E-state index contributed by atoms with van der Waals surface area (Å²) in [6.07, 6.45) is 0.566. The Morgan fingerprint density at radius 1 is 1.22 bits per heavy atom. The van der Waals surface area contributed by atoms with E-state index in [4.69, 9.17) is 9.63 Å². The first-order valence-electron chi connectivity index (χ1n) is 8.28. The van der Waals surface area contributed by atoms with Crippen molar-refractivity contribution in [2.24, 2.45) is 0 Å². The molecular formula is C18H21N3O5S. The first kappa shape index (κ1) is 20.5. The van der Waals surface area contributed by atoms with Crippen LogP contribution in [-0.4, -0.2) is 57.5 Å². The van der Waals surface area contributed by atoms with Crippen molar-refractivity contribution in [2.75, 3.05) is 29.9 Å². The minimum atomic E-state index is -1.07. The predicted octanol–water partition coefficient (Wildman–Crippen LogP) is 1.81. The third kappa shape index (κ3) is 7.53. The Balaban J connectivity index is 1.78. The highest BCUT2D eigenvalue weighted by Crippen LogP contribution is 2.09. The van der Waals surface area contributed by atoms with Gasteiger partial charge in [-0.3, -0.25) is 14.4 Å². The molecule has 2 aromatic rings. The molecule has 2 rings (SSSR count). The number of rotatable bonds is 10. The third-order valence-electron chi connectivity index (χ3n) is 3.55. The number of hydrogen-bond donors (Lipinski definition) is 2. The average molecular weight is 391 g/mol. The van der Waals surface area contributed by atoms with E-state index in [0.29, 0.717) is 24.5 Å². The van der Waals surface area contributed by atoms with E-state index in [1.54, 1.807) is 13.0 Å². The summed E-state index contributed by atoms with van der Waals surface area (Å²) in [4.78, 5) is 36.5. The van der Waals surface area contributed by atoms with Crippen LogP contribution in [0.5, 0.6) is 0 Å². The minimum Gasteiger partial charge on any atom is -0.480 e. The van der Waals surface area contributed by atoms with Crippen molar-refractivity contribution in [2.45, 2.75) is 13.3 Å². The maximum atomic E-state index is 12.3. The number of nitrogens with zero attached hydrogens (tertiary/aromatic N) is 2. The van der Waals surface area contributed by atoms with E-state index in [-0.39, 0.29) is 29.9 Å². The molecule has 2 N–H and O–H groups in total. The quantitative estimate of drug-likeness (QED) is 0.635. The number of benzene rings is 1. The van der Waals surface area contributed by atoms with Gasteiger partial charge in [-0.05, 0) is 18.9 Å². The Kier molecular flexibility index (Phi) is 7.87. The number of carbonyl (C=O) groups excluding carboxylic acids is 2. The van der Waals surface area contributed by atoms with Gasteiger partial charge in [0.15, 0.2) is 5.82 Å². The Morgan fingerprint density at radius 2 is 1.96 bits per heavy atom. The molecule has 0 spiro atoms. The summed E-state index contributed by atoms with van der Waals surface area (Å²) >= 11 is 1.12. The molecule has 0 aliphatic carbocycles. The second-order valence-electron chi connectivity index (χ2n) is 5.81. The fourth-order valence-corrected chi connectivity index (χ4v) is 3.01. The zero-order chi connectivity index (χ0) is 19.6. The standard InChI is InChI=1S/C18H21N3O5S/c1-13-9-15(20-26-13)19-16(22)11-27-12-17(23)21(10-18(24)25)8-7-14-5-3-2-4-6-14/h2-6,9H,7-8,10-12H2,1H3,(H,24,25)(H,19,20,22). The molecule has 8 nitrogen and oxygen atoms in total. The first-order chi connectivity index (χ1) is 12.9. The van der Waals surface area contributed by atoms with Crippen LogP contribution in [0.1, 0.15) is 11.3 Å². The average Bonchev–Trinajstić information content (AvgIpc) is 3.03. The Bertz CT molecular complexity index is 778. The number of hydrogen-bond acceptors (Lipinski definition) is 6. The fraction of sp³-hybridized carbons (Fsp3) is 0.333. The SMILES string of the molecule is Cc1cc(NC(=O)CSCC(=O)N(CCc2ccccc2)CC(=O)O)no1. The number of carboxylic acids is 1. The molecule has 0 atom stereocenters. The molecule has 1 aromatic carbocycles. The second kappa shape index (κ2) is 10.4. The molecule has 0 aliphatic rings. The number of aryl methyl sites for hydroxylation is 1. The van der Waals surface area contributed by atoms with Crippen LogP contribution in [0.4, 0.5) is 5.82 Å². The minimum absolute atomic E-state index is 0.0212. The van der Waals surface area contributed by atoms with E-state index in [0.717, 1.165) is 17.3 Å². The van der Waals surface area contributed by atoms with Gasteiger partial charge in [0.05, 0.1) is 11.5 Å². The van der Waals surface area contributed by atoms with Crippen LogP contribution >= 0.6 is 11.8 Å². The van der Waals surface area contributed by atoms with Crippen molar-refractivity contribution < 1.29 is 24.0 Å². The Labute approximate surface area is 160 Å². The Morgan fingerprint density at radius 3 is 2.59 bits per heavy atom. The summed E-state index contributed by atoms with van der Waals surface area (Å²) in [5.41, 5.74) is 1.02. The van der Waals surface area contributed by atoms with Crippen LogP contribution in [0.3, 0.4) is 0 Å². The van der Waals surface area contributed by atoms with Gasteiger partial charge in [-0.1, -0.05) is 35.5 Å². The number of anilines is 1. The van der Waals surface area contributed by atoms with Crippen LogP contribution in [0.15, 0.2) is 40.9 Å². The van der Waals surface area contributed by atoms with Crippen LogP contribution < -0.4 is 5.32 Å². The normalized spacial score (nSPS) is 10.4. The summed E-state index contributed by atoms with van der Waals surface area (Å²) in [6.45, 7) is 1.65. The van der Waals surface area contributed by atoms with Crippen molar-refractivity contribution in [1.29, 1.82) is 0 Å². The van der Waals surface area contributed by atoms with Gasteiger partial charge in [0.1, 0.15) is 12.3 Å². The van der Waals surface area contributed by atoms with Gasteiger partial charge >= 0.3 is 5.97 Å². The Hall–Kier alpha value is -2.81. The number of carbonyl (C=O) groups is 3. The van der Waals surface area contributed by atoms with E-state index >= 15 is 0 Å². The molecule has 0 unspecified atom stereocenters. The van der Waals surface area contributed by atoms with Crippen molar-refractivity contribution in [3.8, 4) is 0 Å². The summed E-state index contributed by atoms with van der Waals surface area (Å²) < 4.78 is 4.85. The number of thioether (sulfide) groups is 1.